The lowest BCUT2D eigenvalue weighted by atomic mass is 10.3. The highest BCUT2D eigenvalue weighted by atomic mass is 35.5. The fourth-order valence-corrected chi connectivity index (χ4v) is 3.31. The normalized spacial score (nSPS) is 10.9. The first-order chi connectivity index (χ1) is 11.8. The van der Waals surface area contributed by atoms with Crippen LogP contribution in [0.15, 0.2) is 41.3 Å². The predicted octanol–water partition coefficient (Wildman–Crippen LogP) is 3.08. The Labute approximate surface area is 150 Å². The van der Waals surface area contributed by atoms with Crippen molar-refractivity contribution in [1.82, 2.24) is 0 Å². The van der Waals surface area contributed by atoms with Crippen LogP contribution in [0.5, 0.6) is 17.2 Å². The van der Waals surface area contributed by atoms with Gasteiger partial charge in [-0.1, -0.05) is 11.6 Å². The SMILES string of the molecule is COc1ccc(OC)c(S(=O)(=O)Oc2ccc(Cl)cc2NC(C)=O)c1. The van der Waals surface area contributed by atoms with E-state index in [-0.39, 0.29) is 22.1 Å². The lowest BCUT2D eigenvalue weighted by Crippen LogP contribution is -2.14. The summed E-state index contributed by atoms with van der Waals surface area (Å²) in [6.07, 6.45) is 0. The number of benzene rings is 2. The van der Waals surface area contributed by atoms with Gasteiger partial charge in [0, 0.05) is 18.0 Å². The van der Waals surface area contributed by atoms with Crippen LogP contribution in [0.25, 0.3) is 0 Å². The van der Waals surface area contributed by atoms with Crippen LogP contribution in [0.3, 0.4) is 0 Å². The number of hydrogen-bond donors (Lipinski definition) is 1. The number of halogens is 1. The van der Waals surface area contributed by atoms with E-state index in [9.17, 15) is 13.2 Å². The summed E-state index contributed by atoms with van der Waals surface area (Å²) in [5.74, 6) is -0.0649. The van der Waals surface area contributed by atoms with Crippen molar-refractivity contribution in [2.75, 3.05) is 19.5 Å². The molecule has 25 heavy (non-hydrogen) atoms. The standard InChI is InChI=1S/C16H16ClNO6S/c1-10(19)18-13-8-11(17)4-6-14(13)24-25(20,21)16-9-12(22-2)5-7-15(16)23-3/h4-9H,1-3H3,(H,18,19). The van der Waals surface area contributed by atoms with Gasteiger partial charge in [-0.3, -0.25) is 4.79 Å². The predicted molar refractivity (Wildman–Crippen MR) is 93.1 cm³/mol. The minimum Gasteiger partial charge on any atom is -0.497 e. The molecule has 0 aromatic heterocycles. The maximum atomic E-state index is 12.7. The lowest BCUT2D eigenvalue weighted by Gasteiger charge is -2.14. The van der Waals surface area contributed by atoms with E-state index in [0.717, 1.165) is 0 Å². The number of hydrogen-bond acceptors (Lipinski definition) is 6. The molecule has 0 bridgehead atoms. The van der Waals surface area contributed by atoms with Crippen LogP contribution in [-0.4, -0.2) is 28.5 Å². The second-order valence-electron chi connectivity index (χ2n) is 4.88. The smallest absolute Gasteiger partial charge is 0.343 e. The highest BCUT2D eigenvalue weighted by Gasteiger charge is 2.24. The van der Waals surface area contributed by atoms with Crippen molar-refractivity contribution in [1.29, 1.82) is 0 Å². The minimum absolute atomic E-state index is 0.0792. The molecule has 0 saturated carbocycles. The number of carbonyl (C=O) groups excluding carboxylic acids is 1. The van der Waals surface area contributed by atoms with E-state index in [0.29, 0.717) is 10.8 Å². The molecule has 0 aliphatic heterocycles. The first-order valence-electron chi connectivity index (χ1n) is 7.00. The summed E-state index contributed by atoms with van der Waals surface area (Å²) < 4.78 is 40.6. The molecule has 1 amide bonds. The monoisotopic (exact) mass is 385 g/mol. The molecule has 0 atom stereocenters. The largest absolute Gasteiger partial charge is 0.497 e. The van der Waals surface area contributed by atoms with Crippen LogP contribution >= 0.6 is 11.6 Å². The molecule has 2 aromatic rings. The number of rotatable bonds is 6. The molecule has 0 saturated heterocycles. The van der Waals surface area contributed by atoms with Crippen molar-refractivity contribution < 1.29 is 26.9 Å². The Morgan fingerprint density at radius 1 is 1.04 bits per heavy atom. The third kappa shape index (κ3) is 4.55. The van der Waals surface area contributed by atoms with Gasteiger partial charge in [0.15, 0.2) is 10.6 Å². The highest BCUT2D eigenvalue weighted by Crippen LogP contribution is 2.34. The van der Waals surface area contributed by atoms with Gasteiger partial charge in [-0.05, 0) is 30.3 Å². The van der Waals surface area contributed by atoms with Crippen molar-refractivity contribution in [2.24, 2.45) is 0 Å². The first-order valence-corrected chi connectivity index (χ1v) is 8.79. The molecule has 9 heteroatoms. The summed E-state index contributed by atoms with van der Waals surface area (Å²) in [6, 6.07) is 8.46. The third-order valence-electron chi connectivity index (χ3n) is 3.09. The fourth-order valence-electron chi connectivity index (χ4n) is 2.00. The quantitative estimate of drug-likeness (QED) is 0.768. The lowest BCUT2D eigenvalue weighted by molar-refractivity contribution is -0.114. The Balaban J connectivity index is 2.48. The molecule has 2 aromatic carbocycles. The molecule has 0 aliphatic carbocycles. The number of carbonyl (C=O) groups is 1. The van der Waals surface area contributed by atoms with Crippen molar-refractivity contribution in [3.8, 4) is 17.2 Å². The van der Waals surface area contributed by atoms with Crippen LogP contribution in [0.1, 0.15) is 6.92 Å². The van der Waals surface area contributed by atoms with Crippen LogP contribution in [0, 0.1) is 0 Å². The topological polar surface area (TPSA) is 90.9 Å². The summed E-state index contributed by atoms with van der Waals surface area (Å²) >= 11 is 5.88. The maximum absolute atomic E-state index is 12.7. The second kappa shape index (κ2) is 7.62. The number of anilines is 1. The molecule has 134 valence electrons. The summed E-state index contributed by atoms with van der Waals surface area (Å²) in [4.78, 5) is 11.1. The Morgan fingerprint density at radius 3 is 2.32 bits per heavy atom. The van der Waals surface area contributed by atoms with Crippen molar-refractivity contribution in [2.45, 2.75) is 11.8 Å². The summed E-state index contributed by atoms with van der Waals surface area (Å²) in [5.41, 5.74) is 0.130. The van der Waals surface area contributed by atoms with E-state index in [1.807, 2.05) is 0 Å². The molecule has 2 rings (SSSR count). The Hall–Kier alpha value is -2.45. The van der Waals surface area contributed by atoms with E-state index in [2.05, 4.69) is 5.32 Å². The van der Waals surface area contributed by atoms with E-state index in [1.54, 1.807) is 6.07 Å². The molecule has 1 N–H and O–H groups in total. The summed E-state index contributed by atoms with van der Waals surface area (Å²) in [5, 5.41) is 2.78. The Morgan fingerprint density at radius 2 is 1.72 bits per heavy atom. The van der Waals surface area contributed by atoms with Crippen molar-refractivity contribution in [3.63, 3.8) is 0 Å². The van der Waals surface area contributed by atoms with Gasteiger partial charge in [0.2, 0.25) is 5.91 Å². The van der Waals surface area contributed by atoms with Crippen molar-refractivity contribution in [3.05, 3.63) is 41.4 Å². The first kappa shape index (κ1) is 18.9. The van der Waals surface area contributed by atoms with E-state index in [1.165, 1.54) is 51.5 Å². The minimum atomic E-state index is -4.26. The zero-order valence-corrected chi connectivity index (χ0v) is 15.3. The number of ether oxygens (including phenoxy) is 2. The third-order valence-corrected chi connectivity index (χ3v) is 4.58. The van der Waals surface area contributed by atoms with E-state index >= 15 is 0 Å². The van der Waals surface area contributed by atoms with Gasteiger partial charge in [0.05, 0.1) is 19.9 Å². The molecular formula is C16H16ClNO6S. The van der Waals surface area contributed by atoms with E-state index in [4.69, 9.17) is 25.3 Å². The van der Waals surface area contributed by atoms with Gasteiger partial charge in [0.1, 0.15) is 11.5 Å². The number of nitrogens with one attached hydrogen (secondary N) is 1. The Kier molecular flexibility index (Phi) is 5.76. The maximum Gasteiger partial charge on any atom is 0.343 e. The van der Waals surface area contributed by atoms with Gasteiger partial charge in [-0.2, -0.15) is 8.42 Å². The average Bonchev–Trinajstić information content (AvgIpc) is 2.56. The highest BCUT2D eigenvalue weighted by molar-refractivity contribution is 7.87. The van der Waals surface area contributed by atoms with Crippen LogP contribution in [-0.2, 0) is 14.9 Å². The fraction of sp³-hybridized carbons (Fsp3) is 0.188. The molecular weight excluding hydrogens is 370 g/mol. The van der Waals surface area contributed by atoms with E-state index < -0.39 is 16.0 Å². The van der Waals surface area contributed by atoms with Crippen molar-refractivity contribution >= 4 is 33.3 Å². The van der Waals surface area contributed by atoms with Gasteiger partial charge in [-0.25, -0.2) is 0 Å². The molecule has 0 fully saturated rings. The Bertz CT molecular complexity index is 897. The van der Waals surface area contributed by atoms with Gasteiger partial charge < -0.3 is 19.0 Å². The molecule has 0 radical (unpaired) electrons. The zero-order valence-electron chi connectivity index (χ0n) is 13.7. The summed E-state index contributed by atoms with van der Waals surface area (Å²) in [6.45, 7) is 1.28. The zero-order chi connectivity index (χ0) is 18.6. The van der Waals surface area contributed by atoms with Gasteiger partial charge in [0.25, 0.3) is 0 Å². The van der Waals surface area contributed by atoms with Gasteiger partial charge in [-0.15, -0.1) is 0 Å². The van der Waals surface area contributed by atoms with Gasteiger partial charge >= 0.3 is 10.1 Å². The molecule has 7 nitrogen and oxygen atoms in total. The number of methoxy groups -OCH3 is 2. The molecule has 0 spiro atoms. The summed E-state index contributed by atoms with van der Waals surface area (Å²) in [7, 11) is -1.51. The average molecular weight is 386 g/mol. The number of amides is 1. The molecule has 0 heterocycles. The van der Waals surface area contributed by atoms with Crippen LogP contribution in [0.2, 0.25) is 5.02 Å². The molecule has 0 aliphatic rings. The van der Waals surface area contributed by atoms with Crippen LogP contribution in [0.4, 0.5) is 5.69 Å². The molecule has 0 unspecified atom stereocenters. The second-order valence-corrected chi connectivity index (χ2v) is 6.83. The van der Waals surface area contributed by atoms with Crippen LogP contribution < -0.4 is 19.0 Å².